The summed E-state index contributed by atoms with van der Waals surface area (Å²) in [5.74, 6) is -0.828. The standard InChI is InChI=1S/C11H10N4O2/c16-10(8-3-1-5-12-7-8)14-15-11(17)9-4-2-6-13-9/h1-7,13H,(H,14,16)(H,15,17). The number of pyridine rings is 1. The first kappa shape index (κ1) is 10.9. The van der Waals surface area contributed by atoms with Crippen molar-refractivity contribution in [3.05, 3.63) is 54.1 Å². The number of aromatic amines is 1. The number of hydrogen-bond donors (Lipinski definition) is 3. The van der Waals surface area contributed by atoms with Crippen LogP contribution in [0.1, 0.15) is 20.8 Å². The van der Waals surface area contributed by atoms with Crippen LogP contribution >= 0.6 is 0 Å². The number of carbonyl (C=O) groups is 2. The number of hydrazine groups is 1. The van der Waals surface area contributed by atoms with Crippen LogP contribution in [-0.4, -0.2) is 21.8 Å². The molecule has 0 aliphatic heterocycles. The summed E-state index contributed by atoms with van der Waals surface area (Å²) >= 11 is 0. The van der Waals surface area contributed by atoms with Crippen LogP contribution in [0.4, 0.5) is 0 Å². The van der Waals surface area contributed by atoms with E-state index < -0.39 is 11.8 Å². The molecule has 2 aromatic heterocycles. The number of carbonyl (C=O) groups excluding carboxylic acids is 2. The lowest BCUT2D eigenvalue weighted by Crippen LogP contribution is -2.41. The zero-order chi connectivity index (χ0) is 12.1. The van der Waals surface area contributed by atoms with Gasteiger partial charge in [-0.05, 0) is 24.3 Å². The van der Waals surface area contributed by atoms with Crippen molar-refractivity contribution in [2.75, 3.05) is 0 Å². The van der Waals surface area contributed by atoms with Crippen LogP contribution in [0.3, 0.4) is 0 Å². The van der Waals surface area contributed by atoms with E-state index in [1.165, 1.54) is 6.20 Å². The monoisotopic (exact) mass is 230 g/mol. The Hall–Kier alpha value is -2.63. The van der Waals surface area contributed by atoms with Gasteiger partial charge < -0.3 is 4.98 Å². The van der Waals surface area contributed by atoms with Crippen molar-refractivity contribution in [2.45, 2.75) is 0 Å². The van der Waals surface area contributed by atoms with Gasteiger partial charge in [-0.25, -0.2) is 0 Å². The minimum absolute atomic E-state index is 0.372. The smallest absolute Gasteiger partial charge is 0.286 e. The number of amides is 2. The zero-order valence-electron chi connectivity index (χ0n) is 8.81. The van der Waals surface area contributed by atoms with Crippen LogP contribution in [0.25, 0.3) is 0 Å². The summed E-state index contributed by atoms with van der Waals surface area (Å²) in [6.45, 7) is 0. The average Bonchev–Trinajstić information content (AvgIpc) is 2.90. The summed E-state index contributed by atoms with van der Waals surface area (Å²) in [7, 11) is 0. The molecule has 0 unspecified atom stereocenters. The Labute approximate surface area is 97.0 Å². The van der Waals surface area contributed by atoms with E-state index in [-0.39, 0.29) is 0 Å². The molecule has 0 saturated carbocycles. The Bertz CT molecular complexity index is 508. The molecule has 0 fully saturated rings. The van der Waals surface area contributed by atoms with Crippen molar-refractivity contribution in [2.24, 2.45) is 0 Å². The van der Waals surface area contributed by atoms with Crippen molar-refractivity contribution < 1.29 is 9.59 Å². The molecule has 86 valence electrons. The largest absolute Gasteiger partial charge is 0.357 e. The highest BCUT2D eigenvalue weighted by molar-refractivity contribution is 5.98. The maximum absolute atomic E-state index is 11.5. The molecule has 0 spiro atoms. The fourth-order valence-electron chi connectivity index (χ4n) is 1.22. The van der Waals surface area contributed by atoms with Gasteiger partial charge in [-0.3, -0.25) is 25.4 Å². The van der Waals surface area contributed by atoms with Crippen molar-refractivity contribution in [1.82, 2.24) is 20.8 Å². The Kier molecular flexibility index (Phi) is 3.15. The molecule has 2 rings (SSSR count). The first-order valence-electron chi connectivity index (χ1n) is 4.91. The SMILES string of the molecule is O=C(NNC(=O)c1ccc[nH]1)c1cccnc1. The first-order valence-corrected chi connectivity index (χ1v) is 4.91. The van der Waals surface area contributed by atoms with Gasteiger partial charge in [-0.1, -0.05) is 0 Å². The van der Waals surface area contributed by atoms with E-state index in [2.05, 4.69) is 20.8 Å². The summed E-state index contributed by atoms with van der Waals surface area (Å²) in [5.41, 5.74) is 5.32. The minimum atomic E-state index is -0.419. The second-order valence-corrected chi connectivity index (χ2v) is 3.23. The van der Waals surface area contributed by atoms with Crippen molar-refractivity contribution in [3.8, 4) is 0 Å². The fraction of sp³-hybridized carbons (Fsp3) is 0. The summed E-state index contributed by atoms with van der Waals surface area (Å²) in [6.07, 6.45) is 4.60. The Balaban J connectivity index is 1.91. The molecular weight excluding hydrogens is 220 g/mol. The third-order valence-electron chi connectivity index (χ3n) is 2.06. The van der Waals surface area contributed by atoms with Crippen LogP contribution in [-0.2, 0) is 0 Å². The van der Waals surface area contributed by atoms with E-state index in [0.717, 1.165) is 0 Å². The lowest BCUT2D eigenvalue weighted by molar-refractivity contribution is 0.0844. The summed E-state index contributed by atoms with van der Waals surface area (Å²) in [6, 6.07) is 6.54. The van der Waals surface area contributed by atoms with E-state index in [9.17, 15) is 9.59 Å². The molecule has 2 amide bonds. The van der Waals surface area contributed by atoms with E-state index in [1.807, 2.05) is 0 Å². The van der Waals surface area contributed by atoms with Gasteiger partial charge in [0.25, 0.3) is 11.8 Å². The Morgan fingerprint density at radius 2 is 1.94 bits per heavy atom. The number of aromatic nitrogens is 2. The molecule has 0 aromatic carbocycles. The van der Waals surface area contributed by atoms with Gasteiger partial charge in [0.2, 0.25) is 0 Å². The summed E-state index contributed by atoms with van der Waals surface area (Å²) in [4.78, 5) is 29.5. The lowest BCUT2D eigenvalue weighted by atomic mass is 10.3. The van der Waals surface area contributed by atoms with Crippen LogP contribution < -0.4 is 10.9 Å². The Morgan fingerprint density at radius 3 is 2.59 bits per heavy atom. The molecule has 0 saturated heterocycles. The number of hydrogen-bond acceptors (Lipinski definition) is 3. The molecule has 6 nitrogen and oxygen atoms in total. The van der Waals surface area contributed by atoms with Crippen molar-refractivity contribution in [3.63, 3.8) is 0 Å². The van der Waals surface area contributed by atoms with E-state index >= 15 is 0 Å². The number of rotatable bonds is 2. The van der Waals surface area contributed by atoms with Gasteiger partial charge in [-0.15, -0.1) is 0 Å². The molecule has 3 N–H and O–H groups in total. The third kappa shape index (κ3) is 2.69. The summed E-state index contributed by atoms with van der Waals surface area (Å²) < 4.78 is 0. The van der Waals surface area contributed by atoms with Crippen molar-refractivity contribution in [1.29, 1.82) is 0 Å². The number of H-pyrrole nitrogens is 1. The molecule has 0 atom stereocenters. The molecule has 0 bridgehead atoms. The van der Waals surface area contributed by atoms with Crippen LogP contribution in [0, 0.1) is 0 Å². The second kappa shape index (κ2) is 4.93. The van der Waals surface area contributed by atoms with Crippen LogP contribution in [0.15, 0.2) is 42.9 Å². The quantitative estimate of drug-likeness (QED) is 0.656. The molecular formula is C11H10N4O2. The van der Waals surface area contributed by atoms with E-state index in [4.69, 9.17) is 0 Å². The minimum Gasteiger partial charge on any atom is -0.357 e. The molecule has 6 heteroatoms. The predicted molar refractivity (Wildman–Crippen MR) is 60.0 cm³/mol. The summed E-state index contributed by atoms with van der Waals surface area (Å²) in [5, 5.41) is 0. The van der Waals surface area contributed by atoms with Crippen LogP contribution in [0.5, 0.6) is 0 Å². The molecule has 17 heavy (non-hydrogen) atoms. The second-order valence-electron chi connectivity index (χ2n) is 3.23. The highest BCUT2D eigenvalue weighted by Crippen LogP contribution is 1.95. The zero-order valence-corrected chi connectivity index (χ0v) is 8.81. The number of nitrogens with zero attached hydrogens (tertiary/aromatic N) is 1. The van der Waals surface area contributed by atoms with E-state index in [0.29, 0.717) is 11.3 Å². The highest BCUT2D eigenvalue weighted by atomic mass is 16.2. The van der Waals surface area contributed by atoms with Gasteiger partial charge in [0.15, 0.2) is 0 Å². The number of nitrogens with one attached hydrogen (secondary N) is 3. The maximum atomic E-state index is 11.5. The van der Waals surface area contributed by atoms with Gasteiger partial charge in [0.1, 0.15) is 5.69 Å². The lowest BCUT2D eigenvalue weighted by Gasteiger charge is -2.05. The fourth-order valence-corrected chi connectivity index (χ4v) is 1.22. The normalized spacial score (nSPS) is 9.65. The topological polar surface area (TPSA) is 86.9 Å². The highest BCUT2D eigenvalue weighted by Gasteiger charge is 2.08. The molecule has 2 heterocycles. The van der Waals surface area contributed by atoms with Crippen LogP contribution in [0.2, 0.25) is 0 Å². The molecule has 0 aliphatic carbocycles. The van der Waals surface area contributed by atoms with Crippen molar-refractivity contribution >= 4 is 11.8 Å². The molecule has 2 aromatic rings. The Morgan fingerprint density at radius 1 is 1.12 bits per heavy atom. The van der Waals surface area contributed by atoms with Gasteiger partial charge in [0.05, 0.1) is 5.56 Å². The van der Waals surface area contributed by atoms with E-state index in [1.54, 1.807) is 36.7 Å². The van der Waals surface area contributed by atoms with Gasteiger partial charge in [0, 0.05) is 18.6 Å². The molecule has 0 aliphatic rings. The van der Waals surface area contributed by atoms with Gasteiger partial charge in [-0.2, -0.15) is 0 Å². The first-order chi connectivity index (χ1) is 8.27. The molecule has 0 radical (unpaired) electrons. The third-order valence-corrected chi connectivity index (χ3v) is 2.06. The maximum Gasteiger partial charge on any atom is 0.286 e. The predicted octanol–water partition coefficient (Wildman–Crippen LogP) is 0.484. The van der Waals surface area contributed by atoms with Gasteiger partial charge >= 0.3 is 0 Å². The average molecular weight is 230 g/mol.